The first kappa shape index (κ1) is 20.6. The van der Waals surface area contributed by atoms with Gasteiger partial charge < -0.3 is 5.11 Å². The number of sulfone groups is 2. The second-order valence-electron chi connectivity index (χ2n) is 8.23. The Labute approximate surface area is 172 Å². The zero-order valence-corrected chi connectivity index (χ0v) is 17.8. The van der Waals surface area contributed by atoms with Gasteiger partial charge in [-0.05, 0) is 55.9 Å². The van der Waals surface area contributed by atoms with Gasteiger partial charge in [-0.2, -0.15) is 0 Å². The van der Waals surface area contributed by atoms with Gasteiger partial charge in [0.15, 0.2) is 19.7 Å². The van der Waals surface area contributed by atoms with Crippen molar-refractivity contribution in [1.29, 1.82) is 0 Å². The highest BCUT2D eigenvalue weighted by Gasteiger charge is 2.57. The Bertz CT molecular complexity index is 1060. The molecule has 2 aromatic rings. The maximum Gasteiger partial charge on any atom is 0.184 e. The van der Waals surface area contributed by atoms with E-state index in [9.17, 15) is 21.9 Å². The molecule has 5 nitrogen and oxygen atoms in total. The van der Waals surface area contributed by atoms with E-state index in [1.807, 2.05) is 0 Å². The summed E-state index contributed by atoms with van der Waals surface area (Å²) < 4.78 is 53.6. The molecule has 2 saturated carbocycles. The fourth-order valence-corrected chi connectivity index (χ4v) is 9.25. The zero-order valence-electron chi connectivity index (χ0n) is 16.1. The third-order valence-electron chi connectivity index (χ3n) is 6.63. The molecule has 0 heterocycles. The number of fused-ring (bicyclic) bond motifs is 1. The lowest BCUT2D eigenvalue weighted by atomic mass is 9.67. The molecule has 0 bridgehead atoms. The van der Waals surface area contributed by atoms with Crippen LogP contribution in [0.3, 0.4) is 0 Å². The number of aliphatic hydroxyl groups is 1. The summed E-state index contributed by atoms with van der Waals surface area (Å²) in [6, 6.07) is 16.3. The van der Waals surface area contributed by atoms with Crippen LogP contribution in [-0.2, 0) is 19.7 Å². The average molecular weight is 435 g/mol. The fourth-order valence-electron chi connectivity index (χ4n) is 5.08. The van der Waals surface area contributed by atoms with Crippen molar-refractivity contribution in [2.24, 2.45) is 5.92 Å². The first-order valence-electron chi connectivity index (χ1n) is 10.1. The molecule has 29 heavy (non-hydrogen) atoms. The maximum absolute atomic E-state index is 13.5. The van der Waals surface area contributed by atoms with Gasteiger partial charge in [-0.1, -0.05) is 49.2 Å². The van der Waals surface area contributed by atoms with Gasteiger partial charge in [-0.25, -0.2) is 16.8 Å². The Balaban J connectivity index is 1.78. The summed E-state index contributed by atoms with van der Waals surface area (Å²) in [5, 5.41) is 9.58. The zero-order chi connectivity index (χ0) is 20.7. The predicted octanol–water partition coefficient (Wildman–Crippen LogP) is 3.39. The highest BCUT2D eigenvalue weighted by Crippen LogP contribution is 2.49. The Morgan fingerprint density at radius 1 is 0.759 bits per heavy atom. The second kappa shape index (κ2) is 7.52. The van der Waals surface area contributed by atoms with E-state index in [-0.39, 0.29) is 22.1 Å². The summed E-state index contributed by atoms with van der Waals surface area (Å²) >= 11 is 0. The van der Waals surface area contributed by atoms with Crippen molar-refractivity contribution in [2.75, 3.05) is 0 Å². The van der Waals surface area contributed by atoms with Gasteiger partial charge in [0.25, 0.3) is 0 Å². The van der Waals surface area contributed by atoms with Gasteiger partial charge in [-0.15, -0.1) is 0 Å². The van der Waals surface area contributed by atoms with E-state index in [4.69, 9.17) is 0 Å². The van der Waals surface area contributed by atoms with Crippen LogP contribution in [0.25, 0.3) is 0 Å². The Kier molecular flexibility index (Phi) is 5.34. The molecule has 2 aromatic carbocycles. The van der Waals surface area contributed by atoms with E-state index >= 15 is 0 Å². The fraction of sp³-hybridized carbons (Fsp3) is 0.455. The van der Waals surface area contributed by atoms with E-state index in [0.29, 0.717) is 19.3 Å². The molecule has 156 valence electrons. The van der Waals surface area contributed by atoms with Crippen LogP contribution < -0.4 is 0 Å². The molecule has 2 fully saturated rings. The standard InChI is InChI=1S/C22H26O5S2/c23-22-14-8-7-9-17(22)15-20(28(24,25)18-10-3-1-4-11-18)16-21(22)29(26,27)19-12-5-2-6-13-19/h1-6,10-13,17,20-21,23H,7-9,14-16H2/t17-,20-,21+,22-/m0/s1. The molecule has 0 aliphatic heterocycles. The van der Waals surface area contributed by atoms with Crippen LogP contribution in [0, 0.1) is 5.92 Å². The third-order valence-corrected chi connectivity index (χ3v) is 11.1. The molecule has 4 atom stereocenters. The molecule has 0 saturated heterocycles. The molecule has 0 radical (unpaired) electrons. The number of hydrogen-bond donors (Lipinski definition) is 1. The summed E-state index contributed by atoms with van der Waals surface area (Å²) in [7, 11) is -7.57. The van der Waals surface area contributed by atoms with E-state index < -0.39 is 35.8 Å². The molecular weight excluding hydrogens is 408 g/mol. The van der Waals surface area contributed by atoms with Crippen molar-refractivity contribution < 1.29 is 21.9 Å². The second-order valence-corrected chi connectivity index (χ2v) is 12.6. The predicted molar refractivity (Wildman–Crippen MR) is 111 cm³/mol. The summed E-state index contributed by atoms with van der Waals surface area (Å²) in [5.41, 5.74) is -1.38. The van der Waals surface area contributed by atoms with Crippen molar-refractivity contribution in [1.82, 2.24) is 0 Å². The Hall–Kier alpha value is -1.70. The lowest BCUT2D eigenvalue weighted by Gasteiger charge is -2.50. The van der Waals surface area contributed by atoms with E-state index in [0.717, 1.165) is 12.8 Å². The molecule has 0 spiro atoms. The minimum atomic E-state index is -3.88. The minimum Gasteiger partial charge on any atom is -0.388 e. The van der Waals surface area contributed by atoms with Crippen LogP contribution in [0.5, 0.6) is 0 Å². The van der Waals surface area contributed by atoms with Gasteiger partial charge in [-0.3, -0.25) is 0 Å². The maximum atomic E-state index is 13.5. The van der Waals surface area contributed by atoms with Gasteiger partial charge >= 0.3 is 0 Å². The van der Waals surface area contributed by atoms with Crippen LogP contribution in [0.4, 0.5) is 0 Å². The molecule has 0 amide bonds. The smallest absolute Gasteiger partial charge is 0.184 e. The minimum absolute atomic E-state index is 0.0819. The third kappa shape index (κ3) is 3.53. The number of hydrogen-bond acceptors (Lipinski definition) is 5. The largest absolute Gasteiger partial charge is 0.388 e. The molecule has 7 heteroatoms. The molecule has 2 aliphatic carbocycles. The van der Waals surface area contributed by atoms with Crippen molar-refractivity contribution >= 4 is 19.7 Å². The topological polar surface area (TPSA) is 88.5 Å². The van der Waals surface area contributed by atoms with E-state index in [1.54, 1.807) is 48.5 Å². The normalized spacial score (nSPS) is 30.4. The first-order chi connectivity index (χ1) is 13.8. The van der Waals surface area contributed by atoms with Gasteiger partial charge in [0.2, 0.25) is 0 Å². The van der Waals surface area contributed by atoms with E-state index in [1.165, 1.54) is 12.1 Å². The number of benzene rings is 2. The molecule has 0 aromatic heterocycles. The van der Waals surface area contributed by atoms with Crippen LogP contribution in [0.15, 0.2) is 70.5 Å². The summed E-state index contributed by atoms with van der Waals surface area (Å²) in [5.74, 6) is -0.336. The summed E-state index contributed by atoms with van der Waals surface area (Å²) in [6.45, 7) is 0. The first-order valence-corrected chi connectivity index (χ1v) is 13.2. The van der Waals surface area contributed by atoms with Crippen molar-refractivity contribution in [3.63, 3.8) is 0 Å². The average Bonchev–Trinajstić information content (AvgIpc) is 2.73. The van der Waals surface area contributed by atoms with Gasteiger partial charge in [0.1, 0.15) is 0 Å². The molecule has 1 N–H and O–H groups in total. The SMILES string of the molecule is O=S(=O)(c1ccccc1)[C@H]1C[C@@H]2CCCC[C@@]2(O)[C@H](S(=O)(=O)c2ccccc2)C1. The molecular formula is C22H26O5S2. The summed E-state index contributed by atoms with van der Waals surface area (Å²) in [6.07, 6.45) is 2.90. The van der Waals surface area contributed by atoms with Crippen LogP contribution >= 0.6 is 0 Å². The van der Waals surface area contributed by atoms with Crippen LogP contribution in [0.2, 0.25) is 0 Å². The van der Waals surface area contributed by atoms with Gasteiger partial charge in [0.05, 0.1) is 25.9 Å². The van der Waals surface area contributed by atoms with Crippen molar-refractivity contribution in [2.45, 2.75) is 64.4 Å². The highest BCUT2D eigenvalue weighted by atomic mass is 32.2. The monoisotopic (exact) mass is 434 g/mol. The lowest BCUT2D eigenvalue weighted by Crippen LogP contribution is -2.59. The van der Waals surface area contributed by atoms with E-state index in [2.05, 4.69) is 0 Å². The van der Waals surface area contributed by atoms with Crippen LogP contribution in [0.1, 0.15) is 38.5 Å². The molecule has 4 rings (SSSR count). The summed E-state index contributed by atoms with van der Waals surface area (Å²) in [4.78, 5) is 0.350. The van der Waals surface area contributed by atoms with Crippen LogP contribution in [-0.4, -0.2) is 38.0 Å². The van der Waals surface area contributed by atoms with Crippen molar-refractivity contribution in [3.8, 4) is 0 Å². The van der Waals surface area contributed by atoms with Crippen molar-refractivity contribution in [3.05, 3.63) is 60.7 Å². The molecule has 0 unspecified atom stereocenters. The molecule has 2 aliphatic rings. The Morgan fingerprint density at radius 2 is 1.31 bits per heavy atom. The quantitative estimate of drug-likeness (QED) is 0.797. The lowest BCUT2D eigenvalue weighted by molar-refractivity contribution is -0.0699. The van der Waals surface area contributed by atoms with Gasteiger partial charge in [0, 0.05) is 0 Å². The number of rotatable bonds is 4. The highest BCUT2D eigenvalue weighted by molar-refractivity contribution is 7.93. The Morgan fingerprint density at radius 3 is 1.90 bits per heavy atom.